The van der Waals surface area contributed by atoms with E-state index in [1.54, 1.807) is 0 Å². The predicted molar refractivity (Wildman–Crippen MR) is 307 cm³/mol. The van der Waals surface area contributed by atoms with Crippen LogP contribution in [0.1, 0.15) is 278 Å². The van der Waals surface area contributed by atoms with Crippen molar-refractivity contribution in [3.63, 3.8) is 0 Å². The third kappa shape index (κ3) is 57.1. The Hall–Kier alpha value is -3.67. The van der Waals surface area contributed by atoms with E-state index in [0.717, 1.165) is 128 Å². The van der Waals surface area contributed by atoms with Crippen LogP contribution in [-0.4, -0.2) is 37.2 Å². The molecule has 6 heteroatoms. The lowest BCUT2D eigenvalue weighted by Crippen LogP contribution is -2.30. The number of esters is 3. The second kappa shape index (κ2) is 58.9. The van der Waals surface area contributed by atoms with Gasteiger partial charge in [0.15, 0.2) is 6.10 Å². The van der Waals surface area contributed by atoms with Crippen molar-refractivity contribution in [1.82, 2.24) is 0 Å². The average Bonchev–Trinajstić information content (AvgIpc) is 3.37. The molecule has 0 fully saturated rings. The first-order valence-electron chi connectivity index (χ1n) is 29.7. The lowest BCUT2D eigenvalue weighted by Gasteiger charge is -2.18. The summed E-state index contributed by atoms with van der Waals surface area (Å²) in [6.07, 6.45) is 78.1. The minimum Gasteiger partial charge on any atom is -0.462 e. The number of allylic oxidation sites excluding steroid dienone is 16. The molecule has 1 atom stereocenters. The van der Waals surface area contributed by atoms with Crippen LogP contribution in [0.3, 0.4) is 0 Å². The SMILES string of the molecule is CCCCC/C=C\C/C=C\C/C=C\CCCCCCCCC(=O)OC[C@@H](COC(=O)CCCCCCC/C=C\C/C=C\CCCCC)OC(=O)CCCCCCCC/C=C\C/C=C\C/C=C\CCCCC. The number of carbonyl (C=O) groups excluding carboxylic acids is 3. The molecule has 0 bridgehead atoms. The van der Waals surface area contributed by atoms with E-state index >= 15 is 0 Å². The van der Waals surface area contributed by atoms with Gasteiger partial charge in [-0.3, -0.25) is 14.4 Å². The molecule has 0 saturated heterocycles. The maximum atomic E-state index is 12.9. The Kier molecular flexibility index (Phi) is 55.9. The van der Waals surface area contributed by atoms with Crippen LogP contribution in [0.15, 0.2) is 97.2 Å². The molecule has 0 rings (SSSR count). The summed E-state index contributed by atoms with van der Waals surface area (Å²) in [5.41, 5.74) is 0. The highest BCUT2D eigenvalue weighted by atomic mass is 16.6. The number of rotatable bonds is 53. The molecule has 0 unspecified atom stereocenters. The van der Waals surface area contributed by atoms with E-state index in [1.165, 1.54) is 109 Å². The Bertz CT molecular complexity index is 1410. The fraction of sp³-hybridized carbons (Fsp3) is 0.708. The van der Waals surface area contributed by atoms with Crippen molar-refractivity contribution in [1.29, 1.82) is 0 Å². The molecule has 0 saturated carbocycles. The number of hydrogen-bond donors (Lipinski definition) is 0. The largest absolute Gasteiger partial charge is 0.462 e. The summed E-state index contributed by atoms with van der Waals surface area (Å²) < 4.78 is 16.9. The second-order valence-corrected chi connectivity index (χ2v) is 19.5. The molecule has 0 spiro atoms. The predicted octanol–water partition coefficient (Wildman–Crippen LogP) is 20.1. The van der Waals surface area contributed by atoms with Crippen LogP contribution in [0.5, 0.6) is 0 Å². The molecule has 0 aliphatic rings. The highest BCUT2D eigenvalue weighted by molar-refractivity contribution is 5.71. The summed E-state index contributed by atoms with van der Waals surface area (Å²) in [6, 6.07) is 0. The zero-order chi connectivity index (χ0) is 51.4. The summed E-state index contributed by atoms with van der Waals surface area (Å²) >= 11 is 0. The zero-order valence-corrected chi connectivity index (χ0v) is 46.5. The van der Waals surface area contributed by atoms with E-state index < -0.39 is 6.10 Å². The third-order valence-corrected chi connectivity index (χ3v) is 12.5. The van der Waals surface area contributed by atoms with Gasteiger partial charge < -0.3 is 14.2 Å². The maximum absolute atomic E-state index is 12.9. The van der Waals surface area contributed by atoms with Crippen LogP contribution in [0.2, 0.25) is 0 Å². The van der Waals surface area contributed by atoms with Crippen LogP contribution < -0.4 is 0 Å². The van der Waals surface area contributed by atoms with Gasteiger partial charge in [-0.15, -0.1) is 0 Å². The molecule has 0 N–H and O–H groups in total. The molecular formula is C65H110O6. The van der Waals surface area contributed by atoms with Crippen LogP contribution in [-0.2, 0) is 28.6 Å². The number of hydrogen-bond acceptors (Lipinski definition) is 6. The lowest BCUT2D eigenvalue weighted by atomic mass is 10.1. The Labute approximate surface area is 438 Å². The van der Waals surface area contributed by atoms with Gasteiger partial charge in [0.05, 0.1) is 0 Å². The van der Waals surface area contributed by atoms with Crippen molar-refractivity contribution in [2.45, 2.75) is 284 Å². The van der Waals surface area contributed by atoms with E-state index in [0.29, 0.717) is 19.3 Å². The quantitative estimate of drug-likeness (QED) is 0.0261. The van der Waals surface area contributed by atoms with E-state index in [2.05, 4.69) is 118 Å². The molecule has 0 amide bonds. The topological polar surface area (TPSA) is 78.9 Å². The van der Waals surface area contributed by atoms with Gasteiger partial charge in [-0.25, -0.2) is 0 Å². The third-order valence-electron chi connectivity index (χ3n) is 12.5. The van der Waals surface area contributed by atoms with Gasteiger partial charge in [0.1, 0.15) is 13.2 Å². The Morgan fingerprint density at radius 3 is 0.789 bits per heavy atom. The van der Waals surface area contributed by atoms with Gasteiger partial charge in [0, 0.05) is 19.3 Å². The monoisotopic (exact) mass is 987 g/mol. The molecule has 71 heavy (non-hydrogen) atoms. The first-order valence-corrected chi connectivity index (χ1v) is 29.7. The summed E-state index contributed by atoms with van der Waals surface area (Å²) in [5.74, 6) is -0.928. The number of carbonyl (C=O) groups is 3. The minimum atomic E-state index is -0.798. The Morgan fingerprint density at radius 1 is 0.282 bits per heavy atom. The minimum absolute atomic E-state index is 0.0949. The fourth-order valence-electron chi connectivity index (χ4n) is 8.01. The Morgan fingerprint density at radius 2 is 0.507 bits per heavy atom. The van der Waals surface area contributed by atoms with Gasteiger partial charge in [-0.05, 0) is 128 Å². The fourth-order valence-corrected chi connectivity index (χ4v) is 8.01. The summed E-state index contributed by atoms with van der Waals surface area (Å²) in [7, 11) is 0. The van der Waals surface area contributed by atoms with Gasteiger partial charge in [-0.2, -0.15) is 0 Å². The van der Waals surface area contributed by atoms with Crippen molar-refractivity contribution >= 4 is 17.9 Å². The molecule has 0 heterocycles. The second-order valence-electron chi connectivity index (χ2n) is 19.5. The molecule has 0 aromatic carbocycles. The van der Waals surface area contributed by atoms with Crippen LogP contribution in [0.25, 0.3) is 0 Å². The maximum Gasteiger partial charge on any atom is 0.306 e. The number of unbranched alkanes of at least 4 members (excludes halogenated alkanes) is 26. The molecule has 0 aliphatic carbocycles. The van der Waals surface area contributed by atoms with Gasteiger partial charge in [0.2, 0.25) is 0 Å². The van der Waals surface area contributed by atoms with Crippen LogP contribution in [0, 0.1) is 0 Å². The van der Waals surface area contributed by atoms with E-state index in [9.17, 15) is 14.4 Å². The van der Waals surface area contributed by atoms with E-state index in [1.807, 2.05) is 0 Å². The average molecular weight is 988 g/mol. The van der Waals surface area contributed by atoms with E-state index in [-0.39, 0.29) is 31.1 Å². The highest BCUT2D eigenvalue weighted by Gasteiger charge is 2.19. The van der Waals surface area contributed by atoms with Gasteiger partial charge in [0.25, 0.3) is 0 Å². The van der Waals surface area contributed by atoms with Gasteiger partial charge >= 0.3 is 17.9 Å². The molecule has 0 aliphatic heterocycles. The summed E-state index contributed by atoms with van der Waals surface area (Å²) in [6.45, 7) is 6.54. The molecule has 0 aromatic heterocycles. The van der Waals surface area contributed by atoms with Crippen LogP contribution >= 0.6 is 0 Å². The van der Waals surface area contributed by atoms with Crippen LogP contribution in [0.4, 0.5) is 0 Å². The summed E-state index contributed by atoms with van der Waals surface area (Å²) in [5, 5.41) is 0. The van der Waals surface area contributed by atoms with Crippen molar-refractivity contribution < 1.29 is 28.6 Å². The van der Waals surface area contributed by atoms with Crippen molar-refractivity contribution in [3.8, 4) is 0 Å². The standard InChI is InChI=1S/C65H110O6/c1-4-7-10-13-16-19-22-25-28-30-32-34-37-40-43-46-49-52-55-58-64(67)70-61-62(60-69-63(66)57-54-51-48-45-42-39-36-27-24-21-18-15-12-9-6-3)71-65(68)59-56-53-50-47-44-41-38-35-33-31-29-26-23-20-17-14-11-8-5-2/h16-21,25-29,32-36,62H,4-15,22-24,30-31,37-61H2,1-3H3/b19-16-,20-17-,21-18-,28-25-,29-26-,34-32-,35-33-,36-27-/t62-/m1/s1. The first kappa shape index (κ1) is 67.3. The van der Waals surface area contributed by atoms with Gasteiger partial charge in [-0.1, -0.05) is 227 Å². The normalized spacial score (nSPS) is 12.8. The molecule has 406 valence electrons. The molecule has 0 radical (unpaired) electrons. The lowest BCUT2D eigenvalue weighted by molar-refractivity contribution is -0.167. The zero-order valence-electron chi connectivity index (χ0n) is 46.5. The highest BCUT2D eigenvalue weighted by Crippen LogP contribution is 2.14. The summed E-state index contributed by atoms with van der Waals surface area (Å²) in [4.78, 5) is 38.2. The molecule has 6 nitrogen and oxygen atoms in total. The van der Waals surface area contributed by atoms with Crippen molar-refractivity contribution in [2.75, 3.05) is 13.2 Å². The molecule has 0 aromatic rings. The van der Waals surface area contributed by atoms with Crippen molar-refractivity contribution in [3.05, 3.63) is 97.2 Å². The smallest absolute Gasteiger partial charge is 0.306 e. The first-order chi connectivity index (χ1) is 35.0. The number of ether oxygens (including phenoxy) is 3. The van der Waals surface area contributed by atoms with E-state index in [4.69, 9.17) is 14.2 Å². The van der Waals surface area contributed by atoms with Crippen molar-refractivity contribution in [2.24, 2.45) is 0 Å². The Balaban J connectivity index is 4.46. The molecular weight excluding hydrogens is 877 g/mol.